The van der Waals surface area contributed by atoms with Crippen LogP contribution in [0.25, 0.3) is 0 Å². The van der Waals surface area contributed by atoms with Crippen molar-refractivity contribution >= 4 is 39.4 Å². The van der Waals surface area contributed by atoms with E-state index in [4.69, 9.17) is 0 Å². The summed E-state index contributed by atoms with van der Waals surface area (Å²) in [6, 6.07) is -3.44. The summed E-state index contributed by atoms with van der Waals surface area (Å²) < 4.78 is 25.9. The highest BCUT2D eigenvalue weighted by Crippen LogP contribution is 2.65. The van der Waals surface area contributed by atoms with E-state index in [0.29, 0.717) is 38.6 Å². The molecular formula is C38H63N5O7S. The molecule has 1 heterocycles. The van der Waals surface area contributed by atoms with Crippen LogP contribution in [0.2, 0.25) is 0 Å². The third kappa shape index (κ3) is 8.82. The van der Waals surface area contributed by atoms with Crippen LogP contribution in [0.1, 0.15) is 126 Å². The zero-order chi connectivity index (χ0) is 38.0. The molecule has 4 fully saturated rings. The maximum Gasteiger partial charge on any atom is 0.315 e. The lowest BCUT2D eigenvalue weighted by Gasteiger charge is -2.44. The van der Waals surface area contributed by atoms with Crippen molar-refractivity contribution in [3.05, 3.63) is 12.7 Å². The van der Waals surface area contributed by atoms with Gasteiger partial charge < -0.3 is 26.2 Å². The molecule has 0 radical (unpaired) electrons. The van der Waals surface area contributed by atoms with Gasteiger partial charge in [-0.3, -0.25) is 19.2 Å². The molecule has 1 aliphatic heterocycles. The number of piperidine rings is 1. The second-order valence-electron chi connectivity index (χ2n) is 17.6. The highest BCUT2D eigenvalue weighted by Gasteiger charge is 2.70. The molecule has 288 valence electrons. The van der Waals surface area contributed by atoms with Crippen LogP contribution >= 0.6 is 0 Å². The number of carbonyl (C=O) groups excluding carboxylic acids is 5. The van der Waals surface area contributed by atoms with E-state index in [1.54, 1.807) is 25.7 Å². The second kappa shape index (κ2) is 15.6. The molecule has 3 aliphatic carbocycles. The van der Waals surface area contributed by atoms with Crippen molar-refractivity contribution in [2.24, 2.45) is 22.7 Å². The fraction of sp³-hybridized carbons (Fsp3) is 0.816. The number of hydrogen-bond acceptors (Lipinski definition) is 7. The van der Waals surface area contributed by atoms with Gasteiger partial charge in [0, 0.05) is 13.1 Å². The Morgan fingerprint density at radius 1 is 0.922 bits per heavy atom. The van der Waals surface area contributed by atoms with E-state index in [9.17, 15) is 32.4 Å². The Morgan fingerprint density at radius 2 is 1.51 bits per heavy atom. The molecular weight excluding hydrogens is 671 g/mol. The van der Waals surface area contributed by atoms with Crippen LogP contribution in [-0.2, 0) is 29.0 Å². The molecule has 0 aromatic rings. The SMILES string of the molecule is C=CCNC(=O)C(=O)C(CCC)NC(=O)[C@@H]1[C@@H]2[C@H](CN1C(=O)[C@@H](NC(=O)NC1(CS(=O)(=O)C(C)(C)C)CCCCC1)C1(C)CCCCC1)C2(C)C. The molecule has 3 saturated carbocycles. The first kappa shape index (κ1) is 40.8. The van der Waals surface area contributed by atoms with Crippen LogP contribution in [0.15, 0.2) is 12.7 Å². The average molecular weight is 734 g/mol. The molecule has 51 heavy (non-hydrogen) atoms. The van der Waals surface area contributed by atoms with Gasteiger partial charge in [0.25, 0.3) is 5.91 Å². The fourth-order valence-corrected chi connectivity index (χ4v) is 10.4. The number of rotatable bonds is 14. The van der Waals surface area contributed by atoms with Crippen molar-refractivity contribution in [3.63, 3.8) is 0 Å². The number of hydrogen-bond donors (Lipinski definition) is 4. The van der Waals surface area contributed by atoms with E-state index in [0.717, 1.165) is 38.5 Å². The maximum absolute atomic E-state index is 14.8. The summed E-state index contributed by atoms with van der Waals surface area (Å²) in [5.74, 6) is -2.63. The second-order valence-corrected chi connectivity index (χ2v) is 20.3. The standard InChI is InChI=1S/C38H63N5O7S/c1-9-17-26(29(44)32(46)39-22-10-2)40-31(45)28-27-25(36(27,6)7)23-43(28)33(47)30(37(8)18-13-11-14-19-37)41-34(48)42-38(20-15-12-16-21-38)24-51(49,50)35(3,4)5/h10,25-28,30H,2,9,11-24H2,1,3-8H3,(H,39,46)(H,40,45)(H2,41,42,48)/t25-,26?,27-,28-,30+/m0/s1. The minimum atomic E-state index is -3.57. The van der Waals surface area contributed by atoms with Gasteiger partial charge in [-0.1, -0.05) is 78.7 Å². The summed E-state index contributed by atoms with van der Waals surface area (Å²) in [6.45, 7) is 17.1. The van der Waals surface area contributed by atoms with Gasteiger partial charge in [-0.25, -0.2) is 13.2 Å². The van der Waals surface area contributed by atoms with Crippen molar-refractivity contribution in [2.45, 2.75) is 154 Å². The van der Waals surface area contributed by atoms with Gasteiger partial charge in [0.05, 0.1) is 22.1 Å². The molecule has 0 aromatic heterocycles. The Balaban J connectivity index is 1.61. The number of ketones is 1. The minimum absolute atomic E-state index is 0.0650. The van der Waals surface area contributed by atoms with Gasteiger partial charge in [-0.2, -0.15) is 0 Å². The molecule has 0 aromatic carbocycles. The summed E-state index contributed by atoms with van der Waals surface area (Å²) in [5.41, 5.74) is -1.74. The zero-order valence-electron chi connectivity index (χ0n) is 32.0. The Bertz CT molecular complexity index is 1460. The Labute approximate surface area is 305 Å². The number of nitrogens with zero attached hydrogens (tertiary/aromatic N) is 1. The Hall–Kier alpha value is -2.96. The van der Waals surface area contributed by atoms with Crippen molar-refractivity contribution < 1.29 is 32.4 Å². The van der Waals surface area contributed by atoms with E-state index < -0.39 is 67.3 Å². The molecule has 4 aliphatic rings. The van der Waals surface area contributed by atoms with Gasteiger partial charge in [-0.15, -0.1) is 6.58 Å². The lowest BCUT2D eigenvalue weighted by atomic mass is 9.70. The highest BCUT2D eigenvalue weighted by atomic mass is 32.2. The topological polar surface area (TPSA) is 171 Å². The van der Waals surface area contributed by atoms with E-state index >= 15 is 0 Å². The fourth-order valence-electron chi connectivity index (χ4n) is 8.91. The van der Waals surface area contributed by atoms with Crippen LogP contribution in [0.5, 0.6) is 0 Å². The highest BCUT2D eigenvalue weighted by molar-refractivity contribution is 7.92. The van der Waals surface area contributed by atoms with Crippen molar-refractivity contribution in [3.8, 4) is 0 Å². The van der Waals surface area contributed by atoms with E-state index in [1.807, 2.05) is 13.8 Å². The predicted octanol–water partition coefficient (Wildman–Crippen LogP) is 4.18. The van der Waals surface area contributed by atoms with E-state index in [1.165, 1.54) is 6.08 Å². The number of sulfone groups is 1. The Morgan fingerprint density at radius 3 is 2.06 bits per heavy atom. The minimum Gasteiger partial charge on any atom is -0.346 e. The summed E-state index contributed by atoms with van der Waals surface area (Å²) in [6.07, 6.45) is 10.1. The molecule has 13 heteroatoms. The maximum atomic E-state index is 14.8. The van der Waals surface area contributed by atoms with Crippen LogP contribution < -0.4 is 21.3 Å². The quantitative estimate of drug-likeness (QED) is 0.153. The molecule has 4 N–H and O–H groups in total. The number of fused-ring (bicyclic) bond motifs is 1. The van der Waals surface area contributed by atoms with Gasteiger partial charge in [-0.05, 0) is 75.5 Å². The molecule has 12 nitrogen and oxygen atoms in total. The van der Waals surface area contributed by atoms with Crippen LogP contribution in [0.3, 0.4) is 0 Å². The summed E-state index contributed by atoms with van der Waals surface area (Å²) in [7, 11) is -3.57. The summed E-state index contributed by atoms with van der Waals surface area (Å²) in [5, 5.41) is 11.4. The third-order valence-electron chi connectivity index (χ3n) is 12.4. The number of Topliss-reactive ketones (excluding diaryl/α,β-unsaturated/α-hetero) is 1. The van der Waals surface area contributed by atoms with Gasteiger partial charge >= 0.3 is 6.03 Å². The van der Waals surface area contributed by atoms with Gasteiger partial charge in [0.15, 0.2) is 9.84 Å². The molecule has 1 unspecified atom stereocenters. The van der Waals surface area contributed by atoms with Crippen molar-refractivity contribution in [1.82, 2.24) is 26.2 Å². The number of amides is 5. The van der Waals surface area contributed by atoms with Crippen molar-refractivity contribution in [1.29, 1.82) is 0 Å². The summed E-state index contributed by atoms with van der Waals surface area (Å²) >= 11 is 0. The molecule has 5 atom stereocenters. The predicted molar refractivity (Wildman–Crippen MR) is 197 cm³/mol. The monoisotopic (exact) mass is 733 g/mol. The molecule has 5 amide bonds. The third-order valence-corrected chi connectivity index (χ3v) is 15.2. The zero-order valence-corrected chi connectivity index (χ0v) is 32.8. The average Bonchev–Trinajstić information content (AvgIpc) is 3.36. The van der Waals surface area contributed by atoms with Crippen molar-refractivity contribution in [2.75, 3.05) is 18.8 Å². The van der Waals surface area contributed by atoms with Crippen LogP contribution in [-0.4, -0.2) is 90.1 Å². The Kier molecular flexibility index (Phi) is 12.5. The summed E-state index contributed by atoms with van der Waals surface area (Å²) in [4.78, 5) is 70.3. The normalized spacial score (nSPS) is 26.1. The largest absolute Gasteiger partial charge is 0.346 e. The molecule has 0 bridgehead atoms. The first-order chi connectivity index (χ1) is 23.7. The molecule has 1 saturated heterocycles. The van der Waals surface area contributed by atoms with E-state index in [-0.39, 0.29) is 41.9 Å². The number of likely N-dealkylation sites (tertiary alicyclic amines) is 1. The van der Waals surface area contributed by atoms with E-state index in [2.05, 4.69) is 41.7 Å². The molecule has 0 spiro atoms. The number of nitrogens with one attached hydrogen (secondary N) is 4. The number of carbonyl (C=O) groups is 5. The van der Waals surface area contributed by atoms with Crippen LogP contribution in [0.4, 0.5) is 4.79 Å². The van der Waals surface area contributed by atoms with Gasteiger partial charge in [0.1, 0.15) is 12.1 Å². The lowest BCUT2D eigenvalue weighted by Crippen LogP contribution is -2.65. The smallest absolute Gasteiger partial charge is 0.315 e. The van der Waals surface area contributed by atoms with Crippen LogP contribution in [0, 0.1) is 22.7 Å². The lowest BCUT2D eigenvalue weighted by molar-refractivity contribution is -0.146. The number of urea groups is 1. The molecule has 4 rings (SSSR count). The first-order valence-corrected chi connectivity index (χ1v) is 20.7. The first-order valence-electron chi connectivity index (χ1n) is 19.1. The van der Waals surface area contributed by atoms with Gasteiger partial charge in [0.2, 0.25) is 17.6 Å².